The van der Waals surface area contributed by atoms with Crippen molar-refractivity contribution in [3.05, 3.63) is 35.9 Å². The molecule has 1 unspecified atom stereocenters. The van der Waals surface area contributed by atoms with E-state index >= 15 is 0 Å². The third-order valence-corrected chi connectivity index (χ3v) is 6.77. The molecule has 1 aromatic carbocycles. The van der Waals surface area contributed by atoms with Crippen LogP contribution in [0.25, 0.3) is 0 Å². The van der Waals surface area contributed by atoms with Gasteiger partial charge >= 0.3 is 18.0 Å². The van der Waals surface area contributed by atoms with E-state index in [0.29, 0.717) is 26.2 Å². The number of carbonyl (C=O) groups is 4. The predicted octanol–water partition coefficient (Wildman–Crippen LogP) is 2.50. The Morgan fingerprint density at radius 2 is 1.81 bits per heavy atom. The van der Waals surface area contributed by atoms with Gasteiger partial charge in [0.15, 0.2) is 0 Å². The predicted molar refractivity (Wildman–Crippen MR) is 135 cm³/mol. The molecule has 37 heavy (non-hydrogen) atoms. The highest BCUT2D eigenvalue weighted by atomic mass is 16.5. The van der Waals surface area contributed by atoms with Crippen LogP contribution < -0.4 is 5.32 Å². The van der Waals surface area contributed by atoms with Gasteiger partial charge in [-0.15, -0.1) is 0 Å². The van der Waals surface area contributed by atoms with Crippen LogP contribution in [0.4, 0.5) is 4.79 Å². The van der Waals surface area contributed by atoms with E-state index in [1.54, 1.807) is 4.90 Å². The summed E-state index contributed by atoms with van der Waals surface area (Å²) in [6.45, 7) is 5.99. The van der Waals surface area contributed by atoms with Crippen LogP contribution in [0.2, 0.25) is 0 Å². The quantitative estimate of drug-likeness (QED) is 0.241. The molecule has 10 heteroatoms. The fraction of sp³-hybridized carbons (Fsp3) is 0.630. The molecule has 1 aliphatic carbocycles. The van der Waals surface area contributed by atoms with Crippen LogP contribution in [0.1, 0.15) is 51.5 Å². The Bertz CT molecular complexity index is 920. The number of carbonyl (C=O) groups excluding carboxylic acids is 4. The monoisotopic (exact) mass is 517 g/mol. The van der Waals surface area contributed by atoms with Crippen molar-refractivity contribution in [2.24, 2.45) is 5.41 Å². The number of piperazine rings is 1. The lowest BCUT2D eigenvalue weighted by Gasteiger charge is -2.40. The molecule has 0 radical (unpaired) electrons. The second-order valence-corrected chi connectivity index (χ2v) is 9.94. The highest BCUT2D eigenvalue weighted by Crippen LogP contribution is 2.46. The first kappa shape index (κ1) is 28.4. The van der Waals surface area contributed by atoms with Crippen LogP contribution in [0.3, 0.4) is 0 Å². The smallest absolute Gasteiger partial charge is 0.407 e. The van der Waals surface area contributed by atoms with E-state index in [9.17, 15) is 19.2 Å². The maximum Gasteiger partial charge on any atom is 0.407 e. The average molecular weight is 518 g/mol. The second-order valence-electron chi connectivity index (χ2n) is 9.94. The number of hydrogen-bond donors (Lipinski definition) is 1. The zero-order valence-electron chi connectivity index (χ0n) is 21.9. The summed E-state index contributed by atoms with van der Waals surface area (Å²) in [5.74, 6) is -0.685. The van der Waals surface area contributed by atoms with Gasteiger partial charge in [0.2, 0.25) is 5.91 Å². The summed E-state index contributed by atoms with van der Waals surface area (Å²) in [7, 11) is 0. The van der Waals surface area contributed by atoms with Gasteiger partial charge in [0.25, 0.3) is 0 Å². The molecule has 1 aromatic rings. The van der Waals surface area contributed by atoms with Crippen molar-refractivity contribution in [2.45, 2.75) is 58.6 Å². The number of esters is 2. The summed E-state index contributed by atoms with van der Waals surface area (Å²) in [6.07, 6.45) is 2.91. The molecule has 1 aliphatic heterocycles. The van der Waals surface area contributed by atoms with E-state index < -0.39 is 11.5 Å². The number of amides is 2. The van der Waals surface area contributed by atoms with E-state index in [4.69, 9.17) is 14.2 Å². The fourth-order valence-electron chi connectivity index (χ4n) is 3.97. The Balaban J connectivity index is 1.45. The zero-order valence-corrected chi connectivity index (χ0v) is 21.9. The summed E-state index contributed by atoms with van der Waals surface area (Å²) in [4.78, 5) is 53.1. The number of nitrogens with zero attached hydrogens (tertiary/aromatic N) is 2. The number of hydrogen-bond acceptors (Lipinski definition) is 8. The van der Waals surface area contributed by atoms with Crippen LogP contribution in [-0.4, -0.2) is 85.7 Å². The molecule has 204 valence electrons. The van der Waals surface area contributed by atoms with Gasteiger partial charge in [0.1, 0.15) is 13.2 Å². The van der Waals surface area contributed by atoms with Crippen molar-refractivity contribution in [2.75, 3.05) is 45.9 Å². The van der Waals surface area contributed by atoms with E-state index in [2.05, 4.69) is 5.32 Å². The minimum absolute atomic E-state index is 0.0834. The molecule has 1 atom stereocenters. The second kappa shape index (κ2) is 14.0. The SMILES string of the molecule is CCCCOC(=O)CN1CCN(C(=O)CCNC(=O)OCc2ccccc2)CC1COC(=O)C1(C)CC1. The molecule has 0 aromatic heterocycles. The molecule has 1 N–H and O–H groups in total. The van der Waals surface area contributed by atoms with Gasteiger partial charge in [-0.05, 0) is 31.7 Å². The molecule has 2 fully saturated rings. The molecular weight excluding hydrogens is 478 g/mol. The third kappa shape index (κ3) is 9.35. The van der Waals surface area contributed by atoms with Crippen LogP contribution in [0.15, 0.2) is 30.3 Å². The van der Waals surface area contributed by atoms with Crippen molar-refractivity contribution in [1.29, 1.82) is 0 Å². The Morgan fingerprint density at radius 1 is 1.05 bits per heavy atom. The lowest BCUT2D eigenvalue weighted by atomic mass is 10.1. The van der Waals surface area contributed by atoms with Crippen molar-refractivity contribution in [1.82, 2.24) is 15.1 Å². The summed E-state index contributed by atoms with van der Waals surface area (Å²) in [6, 6.07) is 9.03. The minimum atomic E-state index is -0.582. The number of nitrogens with one attached hydrogen (secondary N) is 1. The third-order valence-electron chi connectivity index (χ3n) is 6.77. The maximum absolute atomic E-state index is 12.8. The molecule has 2 amide bonds. The molecule has 2 aliphatic rings. The maximum atomic E-state index is 12.8. The Labute approximate surface area is 218 Å². The molecule has 1 saturated carbocycles. The first-order valence-corrected chi connectivity index (χ1v) is 13.1. The number of unbranched alkanes of at least 4 members (excludes halogenated alkanes) is 1. The van der Waals surface area contributed by atoms with E-state index in [0.717, 1.165) is 31.2 Å². The number of ether oxygens (including phenoxy) is 3. The van der Waals surface area contributed by atoms with Crippen molar-refractivity contribution < 1.29 is 33.4 Å². The normalized spacial score (nSPS) is 18.5. The van der Waals surface area contributed by atoms with E-state index in [-0.39, 0.29) is 56.6 Å². The van der Waals surface area contributed by atoms with Gasteiger partial charge in [-0.1, -0.05) is 43.7 Å². The Hall–Kier alpha value is -3.14. The van der Waals surface area contributed by atoms with Gasteiger partial charge in [-0.25, -0.2) is 4.79 Å². The van der Waals surface area contributed by atoms with Crippen LogP contribution in [0, 0.1) is 5.41 Å². The zero-order chi connectivity index (χ0) is 26.7. The first-order chi connectivity index (χ1) is 17.8. The van der Waals surface area contributed by atoms with E-state index in [1.807, 2.05) is 49.1 Å². The summed E-state index contributed by atoms with van der Waals surface area (Å²) < 4.78 is 16.1. The number of alkyl carbamates (subject to hydrolysis) is 1. The molecule has 3 rings (SSSR count). The topological polar surface area (TPSA) is 114 Å². The molecular formula is C27H39N3O7. The summed E-state index contributed by atoms with van der Waals surface area (Å²) in [5, 5.41) is 2.61. The number of benzene rings is 1. The fourth-order valence-corrected chi connectivity index (χ4v) is 3.97. The molecule has 0 spiro atoms. The van der Waals surface area contributed by atoms with Gasteiger partial charge < -0.3 is 24.4 Å². The lowest BCUT2D eigenvalue weighted by molar-refractivity contribution is -0.154. The first-order valence-electron chi connectivity index (χ1n) is 13.1. The van der Waals surface area contributed by atoms with Gasteiger partial charge in [0, 0.05) is 32.6 Å². The minimum Gasteiger partial charge on any atom is -0.465 e. The van der Waals surface area contributed by atoms with Gasteiger partial charge in [-0.3, -0.25) is 19.3 Å². The Kier molecular flexibility index (Phi) is 10.7. The van der Waals surface area contributed by atoms with Crippen LogP contribution in [0.5, 0.6) is 0 Å². The molecule has 10 nitrogen and oxygen atoms in total. The average Bonchev–Trinajstić information content (AvgIpc) is 3.65. The van der Waals surface area contributed by atoms with Gasteiger partial charge in [0.05, 0.1) is 24.6 Å². The molecule has 1 saturated heterocycles. The lowest BCUT2D eigenvalue weighted by Crippen LogP contribution is -2.58. The van der Waals surface area contributed by atoms with Crippen LogP contribution in [-0.2, 0) is 35.2 Å². The van der Waals surface area contributed by atoms with Crippen molar-refractivity contribution >= 4 is 23.9 Å². The summed E-state index contributed by atoms with van der Waals surface area (Å²) in [5.41, 5.74) is 0.470. The number of rotatable bonds is 13. The van der Waals surface area contributed by atoms with Gasteiger partial charge in [-0.2, -0.15) is 0 Å². The highest BCUT2D eigenvalue weighted by molar-refractivity contribution is 5.79. The standard InChI is InChI=1S/C27H39N3O7/c1-3-4-16-35-24(32)18-29-14-15-30(17-22(29)20-36-25(33)27(2)11-12-27)23(31)10-13-28-26(34)37-19-21-8-6-5-7-9-21/h5-9,22H,3-4,10-20H2,1-2H3,(H,28,34). The molecule has 0 bridgehead atoms. The van der Waals surface area contributed by atoms with Crippen molar-refractivity contribution in [3.8, 4) is 0 Å². The Morgan fingerprint density at radius 3 is 2.51 bits per heavy atom. The van der Waals surface area contributed by atoms with Crippen molar-refractivity contribution in [3.63, 3.8) is 0 Å². The molecule has 1 heterocycles. The highest BCUT2D eigenvalue weighted by Gasteiger charge is 2.47. The summed E-state index contributed by atoms with van der Waals surface area (Å²) >= 11 is 0. The largest absolute Gasteiger partial charge is 0.465 e. The van der Waals surface area contributed by atoms with Crippen LogP contribution >= 0.6 is 0 Å². The van der Waals surface area contributed by atoms with E-state index in [1.165, 1.54) is 0 Å².